The summed E-state index contributed by atoms with van der Waals surface area (Å²) in [5.41, 5.74) is 2.35. The molecular weight excluding hydrogens is 304 g/mol. The number of hydrogen-bond acceptors (Lipinski definition) is 4. The number of nitro groups is 1. The van der Waals surface area contributed by atoms with Crippen molar-refractivity contribution in [2.75, 3.05) is 26.2 Å². The van der Waals surface area contributed by atoms with E-state index in [9.17, 15) is 10.1 Å². The van der Waals surface area contributed by atoms with Crippen molar-refractivity contribution in [2.45, 2.75) is 6.54 Å². The van der Waals surface area contributed by atoms with Crippen molar-refractivity contribution in [3.63, 3.8) is 0 Å². The lowest BCUT2D eigenvalue weighted by atomic mass is 10.2. The monoisotopic (exact) mass is 325 g/mol. The maximum Gasteiger partial charge on any atom is 0.269 e. The van der Waals surface area contributed by atoms with Crippen LogP contribution in [0.5, 0.6) is 0 Å². The number of nitro benzene ring substituents is 1. The van der Waals surface area contributed by atoms with Gasteiger partial charge in [0.1, 0.15) is 6.54 Å². The van der Waals surface area contributed by atoms with Crippen LogP contribution in [-0.4, -0.2) is 42.3 Å². The van der Waals surface area contributed by atoms with Crippen LogP contribution in [0.2, 0.25) is 0 Å². The largest absolute Gasteiger partial charge is 0.328 e. The maximum atomic E-state index is 10.6. The molecule has 1 N–H and O–H groups in total. The van der Waals surface area contributed by atoms with Crippen molar-refractivity contribution in [1.82, 2.24) is 5.01 Å². The summed E-state index contributed by atoms with van der Waals surface area (Å²) >= 11 is 0. The molecule has 6 heteroatoms. The van der Waals surface area contributed by atoms with Gasteiger partial charge in [0.25, 0.3) is 5.69 Å². The Kier molecular flexibility index (Phi) is 5.18. The lowest BCUT2D eigenvalue weighted by molar-refractivity contribution is -0.918. The van der Waals surface area contributed by atoms with Gasteiger partial charge in [-0.1, -0.05) is 30.3 Å². The number of hydrogen-bond donors (Lipinski definition) is 1. The number of piperazine rings is 1. The van der Waals surface area contributed by atoms with Gasteiger partial charge in [-0.2, -0.15) is 5.10 Å². The molecule has 0 radical (unpaired) electrons. The van der Waals surface area contributed by atoms with Crippen LogP contribution < -0.4 is 4.90 Å². The second kappa shape index (κ2) is 7.70. The SMILES string of the molecule is O=[N+]([O-])c1ccc(C=NN2CC[NH+](Cc3ccccc3)CC2)cc1. The summed E-state index contributed by atoms with van der Waals surface area (Å²) in [4.78, 5) is 11.8. The Labute approximate surface area is 141 Å². The zero-order chi connectivity index (χ0) is 16.8. The second-order valence-corrected chi connectivity index (χ2v) is 5.96. The second-order valence-electron chi connectivity index (χ2n) is 5.96. The van der Waals surface area contributed by atoms with Crippen LogP contribution in [0.25, 0.3) is 0 Å². The molecular formula is C18H21N4O2+. The molecule has 0 spiro atoms. The highest BCUT2D eigenvalue weighted by atomic mass is 16.6. The average molecular weight is 325 g/mol. The lowest BCUT2D eigenvalue weighted by Gasteiger charge is -2.30. The Hall–Kier alpha value is -2.73. The summed E-state index contributed by atoms with van der Waals surface area (Å²) in [6.07, 6.45) is 1.77. The molecule has 0 atom stereocenters. The van der Waals surface area contributed by atoms with E-state index < -0.39 is 4.92 Å². The maximum absolute atomic E-state index is 10.6. The fraction of sp³-hybridized carbons (Fsp3) is 0.278. The van der Waals surface area contributed by atoms with Gasteiger partial charge in [0.15, 0.2) is 0 Å². The molecule has 1 heterocycles. The highest BCUT2D eigenvalue weighted by Gasteiger charge is 2.18. The number of non-ortho nitro benzene ring substituents is 1. The molecule has 124 valence electrons. The number of nitrogens with zero attached hydrogens (tertiary/aromatic N) is 3. The highest BCUT2D eigenvalue weighted by molar-refractivity contribution is 5.79. The Morgan fingerprint density at radius 3 is 2.38 bits per heavy atom. The summed E-state index contributed by atoms with van der Waals surface area (Å²) in [6.45, 7) is 5.02. The molecule has 2 aromatic carbocycles. The summed E-state index contributed by atoms with van der Waals surface area (Å²) in [7, 11) is 0. The molecule has 3 rings (SSSR count). The Morgan fingerprint density at radius 2 is 1.75 bits per heavy atom. The first-order chi connectivity index (χ1) is 11.7. The van der Waals surface area contributed by atoms with Gasteiger partial charge in [0.2, 0.25) is 0 Å². The van der Waals surface area contributed by atoms with Gasteiger partial charge in [-0.25, -0.2) is 0 Å². The molecule has 24 heavy (non-hydrogen) atoms. The van der Waals surface area contributed by atoms with E-state index in [-0.39, 0.29) is 5.69 Å². The molecule has 0 bridgehead atoms. The minimum absolute atomic E-state index is 0.102. The van der Waals surface area contributed by atoms with Crippen molar-refractivity contribution in [1.29, 1.82) is 0 Å². The van der Waals surface area contributed by atoms with Crippen molar-refractivity contribution in [3.8, 4) is 0 Å². The minimum atomic E-state index is -0.393. The molecule has 1 aliphatic rings. The van der Waals surface area contributed by atoms with Gasteiger partial charge in [0.05, 0.1) is 37.3 Å². The van der Waals surface area contributed by atoms with Gasteiger partial charge < -0.3 is 4.90 Å². The van der Waals surface area contributed by atoms with E-state index in [1.54, 1.807) is 23.2 Å². The average Bonchev–Trinajstić information content (AvgIpc) is 2.62. The third-order valence-corrected chi connectivity index (χ3v) is 4.22. The van der Waals surface area contributed by atoms with E-state index in [1.165, 1.54) is 17.7 Å². The number of hydrazone groups is 1. The summed E-state index contributed by atoms with van der Waals surface area (Å²) in [6, 6.07) is 17.0. The zero-order valence-electron chi connectivity index (χ0n) is 13.5. The van der Waals surface area contributed by atoms with Crippen molar-refractivity contribution >= 4 is 11.9 Å². The van der Waals surface area contributed by atoms with Crippen LogP contribution in [-0.2, 0) is 6.54 Å². The molecule has 2 aromatic rings. The fourth-order valence-electron chi connectivity index (χ4n) is 2.82. The van der Waals surface area contributed by atoms with Crippen molar-refractivity contribution in [2.24, 2.45) is 5.10 Å². The van der Waals surface area contributed by atoms with E-state index in [0.717, 1.165) is 38.3 Å². The van der Waals surface area contributed by atoms with Gasteiger partial charge in [-0.15, -0.1) is 0 Å². The van der Waals surface area contributed by atoms with Crippen molar-refractivity contribution in [3.05, 3.63) is 75.8 Å². The van der Waals surface area contributed by atoms with Crippen molar-refractivity contribution < 1.29 is 9.82 Å². The van der Waals surface area contributed by atoms with Crippen LogP contribution in [0.1, 0.15) is 11.1 Å². The predicted octanol–water partition coefficient (Wildman–Crippen LogP) is 1.33. The van der Waals surface area contributed by atoms with Crippen LogP contribution in [0.15, 0.2) is 59.7 Å². The number of benzene rings is 2. The van der Waals surface area contributed by atoms with Gasteiger partial charge in [-0.3, -0.25) is 15.1 Å². The third kappa shape index (κ3) is 4.39. The van der Waals surface area contributed by atoms with E-state index in [0.29, 0.717) is 0 Å². The molecule has 1 aliphatic heterocycles. The first-order valence-corrected chi connectivity index (χ1v) is 8.11. The van der Waals surface area contributed by atoms with E-state index >= 15 is 0 Å². The van der Waals surface area contributed by atoms with Crippen LogP contribution in [0.3, 0.4) is 0 Å². The lowest BCUT2D eigenvalue weighted by Crippen LogP contribution is -3.13. The molecule has 0 amide bonds. The summed E-state index contributed by atoms with van der Waals surface area (Å²) in [5.74, 6) is 0. The number of rotatable bonds is 5. The number of nitrogens with one attached hydrogen (secondary N) is 1. The van der Waals surface area contributed by atoms with E-state index in [2.05, 4.69) is 34.4 Å². The quantitative estimate of drug-likeness (QED) is 0.512. The summed E-state index contributed by atoms with van der Waals surface area (Å²) < 4.78 is 0. The smallest absolute Gasteiger partial charge is 0.269 e. The Morgan fingerprint density at radius 1 is 1.08 bits per heavy atom. The van der Waals surface area contributed by atoms with Crippen LogP contribution in [0, 0.1) is 10.1 Å². The molecule has 1 fully saturated rings. The minimum Gasteiger partial charge on any atom is -0.328 e. The first-order valence-electron chi connectivity index (χ1n) is 8.11. The van der Waals surface area contributed by atoms with Crippen LogP contribution >= 0.6 is 0 Å². The molecule has 0 aliphatic carbocycles. The first kappa shape index (κ1) is 16.1. The standard InChI is InChI=1S/C18H20N4O2/c23-22(24)18-8-6-16(7-9-18)14-19-21-12-10-20(11-13-21)15-17-4-2-1-3-5-17/h1-9,14H,10-13,15H2/p+1. The third-order valence-electron chi connectivity index (χ3n) is 4.22. The topological polar surface area (TPSA) is 63.2 Å². The molecule has 0 unspecified atom stereocenters. The molecule has 6 nitrogen and oxygen atoms in total. The Balaban J connectivity index is 1.49. The van der Waals surface area contributed by atoms with Gasteiger partial charge in [0, 0.05) is 17.7 Å². The van der Waals surface area contributed by atoms with Gasteiger partial charge in [-0.05, 0) is 17.7 Å². The summed E-state index contributed by atoms with van der Waals surface area (Å²) in [5, 5.41) is 17.2. The number of quaternary nitrogens is 1. The zero-order valence-corrected chi connectivity index (χ0v) is 13.5. The highest BCUT2D eigenvalue weighted by Crippen LogP contribution is 2.10. The van der Waals surface area contributed by atoms with Gasteiger partial charge >= 0.3 is 0 Å². The van der Waals surface area contributed by atoms with Crippen LogP contribution in [0.4, 0.5) is 5.69 Å². The van der Waals surface area contributed by atoms with E-state index in [4.69, 9.17) is 0 Å². The predicted molar refractivity (Wildman–Crippen MR) is 93.1 cm³/mol. The molecule has 1 saturated heterocycles. The molecule has 0 aromatic heterocycles. The van der Waals surface area contributed by atoms with E-state index in [1.807, 2.05) is 6.07 Å². The fourth-order valence-corrected chi connectivity index (χ4v) is 2.82. The normalized spacial score (nSPS) is 15.8. The Bertz CT molecular complexity index is 693. The molecule has 0 saturated carbocycles.